The van der Waals surface area contributed by atoms with Crippen molar-refractivity contribution < 1.29 is 15.0 Å². The van der Waals surface area contributed by atoms with Crippen molar-refractivity contribution in [2.75, 3.05) is 19.7 Å². The first-order chi connectivity index (χ1) is 7.15. The smallest absolute Gasteiger partial charge is 0.306 e. The van der Waals surface area contributed by atoms with Gasteiger partial charge in [0.25, 0.3) is 0 Å². The average molecular weight is 215 g/mol. The number of unbranched alkanes of at least 4 members (excludes halogenated alkanes) is 1. The molecule has 4 heteroatoms. The van der Waals surface area contributed by atoms with Gasteiger partial charge in [-0.1, -0.05) is 0 Å². The number of likely N-dealkylation sites (tertiary alicyclic amines) is 1. The van der Waals surface area contributed by atoms with Crippen LogP contribution < -0.4 is 0 Å². The van der Waals surface area contributed by atoms with Gasteiger partial charge in [0.15, 0.2) is 0 Å². The van der Waals surface area contributed by atoms with E-state index >= 15 is 0 Å². The molecule has 0 radical (unpaired) electrons. The fraction of sp³-hybridized carbons (Fsp3) is 0.909. The molecule has 88 valence electrons. The van der Waals surface area contributed by atoms with E-state index in [4.69, 9.17) is 10.2 Å². The average Bonchev–Trinajstić information content (AvgIpc) is 2.20. The maximum Gasteiger partial charge on any atom is 0.306 e. The van der Waals surface area contributed by atoms with Crippen LogP contribution >= 0.6 is 0 Å². The molecule has 4 nitrogen and oxygen atoms in total. The molecule has 1 rings (SSSR count). The lowest BCUT2D eigenvalue weighted by Gasteiger charge is -2.36. The molecule has 15 heavy (non-hydrogen) atoms. The summed E-state index contributed by atoms with van der Waals surface area (Å²) < 4.78 is 0. The SMILES string of the molecule is CC1CC(C(=O)O)CCN1CCCCO. The quantitative estimate of drug-likeness (QED) is 0.670. The zero-order valence-electron chi connectivity index (χ0n) is 9.35. The van der Waals surface area contributed by atoms with Crippen LogP contribution in [0.4, 0.5) is 0 Å². The Balaban J connectivity index is 2.29. The Morgan fingerprint density at radius 3 is 2.73 bits per heavy atom. The molecule has 0 aromatic rings. The van der Waals surface area contributed by atoms with Crippen LogP contribution in [0.25, 0.3) is 0 Å². The number of carboxylic acids is 1. The third-order valence-corrected chi connectivity index (χ3v) is 3.22. The zero-order valence-corrected chi connectivity index (χ0v) is 9.35. The fourth-order valence-corrected chi connectivity index (χ4v) is 2.20. The summed E-state index contributed by atoms with van der Waals surface area (Å²) in [4.78, 5) is 13.1. The number of hydrogen-bond acceptors (Lipinski definition) is 3. The predicted octanol–water partition coefficient (Wildman–Crippen LogP) is 0.944. The van der Waals surface area contributed by atoms with Gasteiger partial charge in [-0.3, -0.25) is 4.79 Å². The summed E-state index contributed by atoms with van der Waals surface area (Å²) in [7, 11) is 0. The highest BCUT2D eigenvalue weighted by atomic mass is 16.4. The van der Waals surface area contributed by atoms with Crippen molar-refractivity contribution in [3.63, 3.8) is 0 Å². The fourth-order valence-electron chi connectivity index (χ4n) is 2.20. The number of nitrogens with zero attached hydrogens (tertiary/aromatic N) is 1. The molecular weight excluding hydrogens is 194 g/mol. The molecule has 2 unspecified atom stereocenters. The van der Waals surface area contributed by atoms with Crippen LogP contribution in [-0.2, 0) is 4.79 Å². The van der Waals surface area contributed by atoms with E-state index in [0.29, 0.717) is 6.04 Å². The Hall–Kier alpha value is -0.610. The molecule has 1 saturated heterocycles. The molecule has 0 saturated carbocycles. The second-order valence-electron chi connectivity index (χ2n) is 4.38. The van der Waals surface area contributed by atoms with Crippen LogP contribution in [-0.4, -0.2) is 46.8 Å². The van der Waals surface area contributed by atoms with E-state index < -0.39 is 5.97 Å². The van der Waals surface area contributed by atoms with Crippen molar-refractivity contribution in [1.29, 1.82) is 0 Å². The third-order valence-electron chi connectivity index (χ3n) is 3.22. The minimum atomic E-state index is -0.656. The minimum Gasteiger partial charge on any atom is -0.481 e. The summed E-state index contributed by atoms with van der Waals surface area (Å²) >= 11 is 0. The number of piperidine rings is 1. The number of aliphatic carboxylic acids is 1. The number of aliphatic hydroxyl groups is 1. The highest BCUT2D eigenvalue weighted by molar-refractivity contribution is 5.70. The van der Waals surface area contributed by atoms with Gasteiger partial charge >= 0.3 is 5.97 Å². The van der Waals surface area contributed by atoms with Crippen molar-refractivity contribution >= 4 is 5.97 Å². The summed E-state index contributed by atoms with van der Waals surface area (Å²) in [6.07, 6.45) is 3.36. The van der Waals surface area contributed by atoms with Gasteiger partial charge in [0.2, 0.25) is 0 Å². The molecule has 0 aromatic carbocycles. The summed E-state index contributed by atoms with van der Waals surface area (Å²) in [5.41, 5.74) is 0. The van der Waals surface area contributed by atoms with E-state index in [-0.39, 0.29) is 12.5 Å². The molecule has 2 atom stereocenters. The molecule has 0 aromatic heterocycles. The Morgan fingerprint density at radius 1 is 1.47 bits per heavy atom. The largest absolute Gasteiger partial charge is 0.481 e. The molecule has 0 spiro atoms. The summed E-state index contributed by atoms with van der Waals surface area (Å²) in [5, 5.41) is 17.6. The van der Waals surface area contributed by atoms with Gasteiger partial charge in [-0.25, -0.2) is 0 Å². The van der Waals surface area contributed by atoms with Gasteiger partial charge in [0, 0.05) is 12.6 Å². The minimum absolute atomic E-state index is 0.158. The lowest BCUT2D eigenvalue weighted by Crippen LogP contribution is -2.43. The van der Waals surface area contributed by atoms with Gasteiger partial charge in [-0.2, -0.15) is 0 Å². The van der Waals surface area contributed by atoms with Crippen molar-refractivity contribution in [2.24, 2.45) is 5.92 Å². The van der Waals surface area contributed by atoms with Crippen molar-refractivity contribution in [3.05, 3.63) is 0 Å². The van der Waals surface area contributed by atoms with Gasteiger partial charge in [0.05, 0.1) is 5.92 Å². The van der Waals surface area contributed by atoms with Gasteiger partial charge in [-0.15, -0.1) is 0 Å². The first kappa shape index (κ1) is 12.5. The Labute approximate surface area is 90.9 Å². The number of rotatable bonds is 5. The molecule has 1 fully saturated rings. The van der Waals surface area contributed by atoms with E-state index in [9.17, 15) is 4.79 Å². The van der Waals surface area contributed by atoms with Crippen LogP contribution in [0.15, 0.2) is 0 Å². The first-order valence-electron chi connectivity index (χ1n) is 5.73. The molecule has 0 amide bonds. The monoisotopic (exact) mass is 215 g/mol. The number of carboxylic acid groups (broad SMARTS) is 1. The molecule has 1 heterocycles. The van der Waals surface area contributed by atoms with Crippen LogP contribution in [0.1, 0.15) is 32.6 Å². The number of hydrogen-bond donors (Lipinski definition) is 2. The first-order valence-corrected chi connectivity index (χ1v) is 5.73. The summed E-state index contributed by atoms with van der Waals surface area (Å²) in [6.45, 7) is 4.20. The normalized spacial score (nSPS) is 27.9. The molecule has 2 N–H and O–H groups in total. The lowest BCUT2D eigenvalue weighted by molar-refractivity contribution is -0.144. The predicted molar refractivity (Wildman–Crippen MR) is 57.7 cm³/mol. The van der Waals surface area contributed by atoms with Crippen LogP contribution in [0.5, 0.6) is 0 Å². The van der Waals surface area contributed by atoms with E-state index in [0.717, 1.165) is 38.8 Å². The van der Waals surface area contributed by atoms with Crippen molar-refractivity contribution in [3.8, 4) is 0 Å². The highest BCUT2D eigenvalue weighted by Gasteiger charge is 2.28. The van der Waals surface area contributed by atoms with E-state index in [1.807, 2.05) is 0 Å². The topological polar surface area (TPSA) is 60.8 Å². The summed E-state index contributed by atoms with van der Waals surface area (Å²) in [6, 6.07) is 0.360. The van der Waals surface area contributed by atoms with Crippen LogP contribution in [0, 0.1) is 5.92 Å². The highest BCUT2D eigenvalue weighted by Crippen LogP contribution is 2.23. The molecule has 1 aliphatic rings. The van der Waals surface area contributed by atoms with Crippen molar-refractivity contribution in [2.45, 2.75) is 38.6 Å². The lowest BCUT2D eigenvalue weighted by atomic mass is 9.91. The second kappa shape index (κ2) is 6.08. The van der Waals surface area contributed by atoms with Gasteiger partial charge in [0.1, 0.15) is 0 Å². The van der Waals surface area contributed by atoms with Gasteiger partial charge in [-0.05, 0) is 45.7 Å². The Bertz CT molecular complexity index is 208. The van der Waals surface area contributed by atoms with E-state index in [1.165, 1.54) is 0 Å². The number of carbonyl (C=O) groups is 1. The maximum absolute atomic E-state index is 10.8. The van der Waals surface area contributed by atoms with Gasteiger partial charge < -0.3 is 15.1 Å². The Kier molecular flexibility index (Phi) is 5.05. The molecular formula is C11H21NO3. The van der Waals surface area contributed by atoms with Crippen molar-refractivity contribution in [1.82, 2.24) is 4.90 Å². The molecule has 0 aliphatic carbocycles. The zero-order chi connectivity index (χ0) is 11.3. The number of aliphatic hydroxyl groups excluding tert-OH is 1. The third kappa shape index (κ3) is 3.80. The van der Waals surface area contributed by atoms with E-state index in [2.05, 4.69) is 11.8 Å². The molecule has 1 aliphatic heterocycles. The standard InChI is InChI=1S/C11H21NO3/c1-9-8-10(11(14)15)4-6-12(9)5-2-3-7-13/h9-10,13H,2-8H2,1H3,(H,14,15). The Morgan fingerprint density at radius 2 is 2.20 bits per heavy atom. The molecule has 0 bridgehead atoms. The maximum atomic E-state index is 10.8. The van der Waals surface area contributed by atoms with Crippen LogP contribution in [0.2, 0.25) is 0 Å². The van der Waals surface area contributed by atoms with E-state index in [1.54, 1.807) is 0 Å². The second-order valence-corrected chi connectivity index (χ2v) is 4.38. The summed E-state index contributed by atoms with van der Waals surface area (Å²) in [5.74, 6) is -0.814. The van der Waals surface area contributed by atoms with Crippen LogP contribution in [0.3, 0.4) is 0 Å².